The minimum absolute atomic E-state index is 0.0453. The average Bonchev–Trinajstić information content (AvgIpc) is 2.35. The molecular weight excluding hydrogens is 279 g/mol. The van der Waals surface area contributed by atoms with E-state index in [0.717, 1.165) is 29.3 Å². The molecular formula is C15H16Cl2N2. The van der Waals surface area contributed by atoms with Gasteiger partial charge in [0.1, 0.15) is 0 Å². The van der Waals surface area contributed by atoms with Crippen LogP contribution in [0.2, 0.25) is 10.0 Å². The number of nitrogens with zero attached hydrogens (tertiary/aromatic N) is 1. The molecule has 1 aromatic carbocycles. The molecule has 1 unspecified atom stereocenters. The molecule has 2 aromatic rings. The summed E-state index contributed by atoms with van der Waals surface area (Å²) in [6.07, 6.45) is 4.46. The van der Waals surface area contributed by atoms with Crippen LogP contribution < -0.4 is 5.73 Å². The molecule has 1 heterocycles. The smallest absolute Gasteiger partial charge is 0.0738 e. The third-order valence-electron chi connectivity index (χ3n) is 3.78. The van der Waals surface area contributed by atoms with Crippen LogP contribution in [0.1, 0.15) is 42.6 Å². The van der Waals surface area contributed by atoms with Gasteiger partial charge in [-0.3, -0.25) is 4.98 Å². The zero-order valence-electron chi connectivity index (χ0n) is 10.8. The van der Waals surface area contributed by atoms with Gasteiger partial charge in [0.25, 0.3) is 0 Å². The predicted molar refractivity (Wildman–Crippen MR) is 81.0 cm³/mol. The quantitative estimate of drug-likeness (QED) is 0.844. The molecule has 1 aliphatic carbocycles. The van der Waals surface area contributed by atoms with Gasteiger partial charge in [0.05, 0.1) is 10.5 Å². The second-order valence-electron chi connectivity index (χ2n) is 5.23. The molecule has 3 rings (SSSR count). The lowest BCUT2D eigenvalue weighted by Crippen LogP contribution is -2.15. The molecule has 1 aromatic heterocycles. The van der Waals surface area contributed by atoms with Gasteiger partial charge in [-0.2, -0.15) is 0 Å². The molecule has 0 bridgehead atoms. The highest BCUT2D eigenvalue weighted by Crippen LogP contribution is 2.37. The first kappa shape index (κ1) is 13.2. The van der Waals surface area contributed by atoms with Crippen molar-refractivity contribution in [2.24, 2.45) is 5.73 Å². The maximum Gasteiger partial charge on any atom is 0.0738 e. The molecule has 19 heavy (non-hydrogen) atoms. The van der Waals surface area contributed by atoms with Crippen molar-refractivity contribution in [2.75, 3.05) is 0 Å². The van der Waals surface area contributed by atoms with Crippen LogP contribution in [-0.2, 0) is 12.8 Å². The third kappa shape index (κ3) is 2.22. The number of fused-ring (bicyclic) bond motifs is 2. The van der Waals surface area contributed by atoms with Crippen LogP contribution in [0.25, 0.3) is 10.9 Å². The Bertz CT molecular complexity index is 650. The Morgan fingerprint density at radius 1 is 1.21 bits per heavy atom. The summed E-state index contributed by atoms with van der Waals surface area (Å²) in [4.78, 5) is 4.76. The second kappa shape index (κ2) is 4.93. The molecule has 100 valence electrons. The van der Waals surface area contributed by atoms with Gasteiger partial charge in [-0.1, -0.05) is 23.2 Å². The lowest BCUT2D eigenvalue weighted by molar-refractivity contribution is 0.655. The van der Waals surface area contributed by atoms with E-state index in [-0.39, 0.29) is 6.04 Å². The Kier molecular flexibility index (Phi) is 3.42. The van der Waals surface area contributed by atoms with E-state index in [1.807, 2.05) is 13.0 Å². The van der Waals surface area contributed by atoms with E-state index in [9.17, 15) is 0 Å². The fraction of sp³-hybridized carbons (Fsp3) is 0.400. The number of aromatic nitrogens is 1. The van der Waals surface area contributed by atoms with E-state index < -0.39 is 0 Å². The van der Waals surface area contributed by atoms with Crippen molar-refractivity contribution in [2.45, 2.75) is 38.6 Å². The highest BCUT2D eigenvalue weighted by Gasteiger charge is 2.21. The van der Waals surface area contributed by atoms with Gasteiger partial charge in [-0.15, -0.1) is 0 Å². The second-order valence-corrected chi connectivity index (χ2v) is 6.07. The Balaban J connectivity index is 2.43. The number of nitrogens with two attached hydrogens (primary N) is 1. The molecule has 1 aliphatic rings. The highest BCUT2D eigenvalue weighted by molar-refractivity contribution is 6.38. The zero-order valence-corrected chi connectivity index (χ0v) is 12.4. The van der Waals surface area contributed by atoms with Crippen molar-refractivity contribution < 1.29 is 0 Å². The molecule has 0 saturated carbocycles. The molecule has 4 heteroatoms. The molecule has 0 fully saturated rings. The van der Waals surface area contributed by atoms with Gasteiger partial charge in [0, 0.05) is 22.1 Å². The first-order chi connectivity index (χ1) is 9.08. The maximum atomic E-state index is 6.37. The Morgan fingerprint density at radius 3 is 2.68 bits per heavy atom. The van der Waals surface area contributed by atoms with Crippen LogP contribution in [0, 0.1) is 0 Å². The van der Waals surface area contributed by atoms with Crippen molar-refractivity contribution >= 4 is 34.1 Å². The SMILES string of the molecule is CC(N)c1c2c(nc3cc(Cl)cc(Cl)c13)CCCC2. The molecule has 0 amide bonds. The van der Waals surface area contributed by atoms with Crippen LogP contribution in [-0.4, -0.2) is 4.98 Å². The van der Waals surface area contributed by atoms with Crippen molar-refractivity contribution in [3.05, 3.63) is 39.0 Å². The Hall–Kier alpha value is -0.830. The number of aryl methyl sites for hydroxylation is 1. The van der Waals surface area contributed by atoms with Gasteiger partial charge in [-0.25, -0.2) is 0 Å². The van der Waals surface area contributed by atoms with E-state index in [0.29, 0.717) is 10.0 Å². The summed E-state index contributed by atoms with van der Waals surface area (Å²) in [6.45, 7) is 2.01. The van der Waals surface area contributed by atoms with Gasteiger partial charge in [0.2, 0.25) is 0 Å². The number of hydrogen-bond donors (Lipinski definition) is 1. The lowest BCUT2D eigenvalue weighted by Gasteiger charge is -2.23. The summed E-state index contributed by atoms with van der Waals surface area (Å²) in [7, 11) is 0. The number of rotatable bonds is 1. The van der Waals surface area contributed by atoms with Crippen molar-refractivity contribution in [1.82, 2.24) is 4.98 Å². The number of halogens is 2. The summed E-state index contributed by atoms with van der Waals surface area (Å²) < 4.78 is 0. The van der Waals surface area contributed by atoms with Gasteiger partial charge >= 0.3 is 0 Å². The molecule has 0 saturated heterocycles. The normalized spacial score (nSPS) is 16.4. The Labute approximate surface area is 122 Å². The highest BCUT2D eigenvalue weighted by atomic mass is 35.5. The summed E-state index contributed by atoms with van der Waals surface area (Å²) >= 11 is 12.5. The van der Waals surface area contributed by atoms with E-state index >= 15 is 0 Å². The molecule has 1 atom stereocenters. The predicted octanol–water partition coefficient (Wildman–Crippen LogP) is 4.44. The lowest BCUT2D eigenvalue weighted by atomic mass is 9.87. The summed E-state index contributed by atoms with van der Waals surface area (Å²) in [5.74, 6) is 0. The largest absolute Gasteiger partial charge is 0.324 e. The summed E-state index contributed by atoms with van der Waals surface area (Å²) in [5, 5.41) is 2.24. The number of benzene rings is 1. The standard InChI is InChI=1S/C15H16Cl2N2/c1-8(18)14-10-4-2-3-5-12(10)19-13-7-9(16)6-11(17)15(13)14/h6-8H,2-5,18H2,1H3. The third-order valence-corrected chi connectivity index (χ3v) is 4.29. The van der Waals surface area contributed by atoms with E-state index in [1.54, 1.807) is 6.07 Å². The monoisotopic (exact) mass is 294 g/mol. The van der Waals surface area contributed by atoms with Crippen LogP contribution in [0.5, 0.6) is 0 Å². The molecule has 0 radical (unpaired) electrons. The fourth-order valence-electron chi connectivity index (χ4n) is 3.02. The molecule has 2 nitrogen and oxygen atoms in total. The fourth-order valence-corrected chi connectivity index (χ4v) is 3.60. The average molecular weight is 295 g/mol. The Morgan fingerprint density at radius 2 is 1.95 bits per heavy atom. The first-order valence-corrected chi connectivity index (χ1v) is 7.39. The van der Waals surface area contributed by atoms with Crippen molar-refractivity contribution in [3.8, 4) is 0 Å². The topological polar surface area (TPSA) is 38.9 Å². The van der Waals surface area contributed by atoms with Crippen LogP contribution >= 0.6 is 23.2 Å². The molecule has 0 spiro atoms. The van der Waals surface area contributed by atoms with E-state index in [4.69, 9.17) is 33.9 Å². The minimum Gasteiger partial charge on any atom is -0.324 e. The zero-order chi connectivity index (χ0) is 13.6. The maximum absolute atomic E-state index is 6.37. The van der Waals surface area contributed by atoms with Gasteiger partial charge in [0.15, 0.2) is 0 Å². The number of pyridine rings is 1. The van der Waals surface area contributed by atoms with Crippen molar-refractivity contribution in [3.63, 3.8) is 0 Å². The molecule has 2 N–H and O–H groups in total. The molecule has 0 aliphatic heterocycles. The van der Waals surface area contributed by atoms with Crippen LogP contribution in [0.4, 0.5) is 0 Å². The summed E-state index contributed by atoms with van der Waals surface area (Å²) in [5.41, 5.74) is 10.7. The number of hydrogen-bond acceptors (Lipinski definition) is 2. The summed E-state index contributed by atoms with van der Waals surface area (Å²) in [6, 6.07) is 3.61. The van der Waals surface area contributed by atoms with Gasteiger partial charge in [-0.05, 0) is 55.9 Å². The first-order valence-electron chi connectivity index (χ1n) is 6.64. The van der Waals surface area contributed by atoms with E-state index in [2.05, 4.69) is 0 Å². The van der Waals surface area contributed by atoms with Crippen LogP contribution in [0.15, 0.2) is 12.1 Å². The van der Waals surface area contributed by atoms with Crippen LogP contribution in [0.3, 0.4) is 0 Å². The van der Waals surface area contributed by atoms with Gasteiger partial charge < -0.3 is 5.73 Å². The van der Waals surface area contributed by atoms with E-state index in [1.165, 1.54) is 24.1 Å². The minimum atomic E-state index is -0.0453. The van der Waals surface area contributed by atoms with Crippen molar-refractivity contribution in [1.29, 1.82) is 0 Å².